The number of nitrogens with one attached hydrogen (secondary N) is 2. The largest absolute Gasteiger partial charge is 0.378 e. The number of aryl methyl sites for hydroxylation is 1. The van der Waals surface area contributed by atoms with E-state index in [0.717, 1.165) is 67.9 Å². The van der Waals surface area contributed by atoms with Crippen LogP contribution in [0.1, 0.15) is 29.9 Å². The summed E-state index contributed by atoms with van der Waals surface area (Å²) < 4.78 is 5.58. The smallest absolute Gasteiger partial charge is 0.182 e. The van der Waals surface area contributed by atoms with Gasteiger partial charge in [-0.3, -0.25) is 9.91 Å². The number of hydrazine groups is 1. The van der Waals surface area contributed by atoms with Gasteiger partial charge < -0.3 is 14.6 Å². The van der Waals surface area contributed by atoms with Crippen LogP contribution in [0.4, 0.5) is 11.5 Å². The molecular weight excluding hydrogens is 402 g/mol. The van der Waals surface area contributed by atoms with Gasteiger partial charge in [0.2, 0.25) is 0 Å². The molecule has 1 aromatic carbocycles. The summed E-state index contributed by atoms with van der Waals surface area (Å²) in [6.45, 7) is 9.18. The molecular formula is C24H31N7O. The van der Waals surface area contributed by atoms with Crippen LogP contribution in [0.5, 0.6) is 0 Å². The van der Waals surface area contributed by atoms with Crippen molar-refractivity contribution >= 4 is 22.7 Å². The number of aromatic amines is 1. The van der Waals surface area contributed by atoms with Gasteiger partial charge in [-0.1, -0.05) is 36.8 Å². The van der Waals surface area contributed by atoms with E-state index in [1.165, 1.54) is 11.1 Å². The van der Waals surface area contributed by atoms with Crippen LogP contribution >= 0.6 is 0 Å². The maximum atomic E-state index is 5.58. The van der Waals surface area contributed by atoms with Gasteiger partial charge in [-0.2, -0.15) is 0 Å². The Hall–Kier alpha value is -2.94. The second kappa shape index (κ2) is 8.90. The number of rotatable bonds is 6. The van der Waals surface area contributed by atoms with Gasteiger partial charge in [-0.05, 0) is 32.2 Å². The SMILES string of the molecule is CCN(C)Cc1nc2nc(N3C=CC(c4cccc(C)c4)N3)cc(N3CCOCC3)c2[nH]1. The van der Waals surface area contributed by atoms with E-state index in [-0.39, 0.29) is 6.04 Å². The number of hydrogen-bond acceptors (Lipinski definition) is 7. The van der Waals surface area contributed by atoms with Crippen LogP contribution < -0.4 is 15.3 Å². The molecule has 2 aliphatic heterocycles. The Morgan fingerprint density at radius 1 is 1.19 bits per heavy atom. The molecule has 8 nitrogen and oxygen atoms in total. The van der Waals surface area contributed by atoms with Gasteiger partial charge in [0, 0.05) is 25.4 Å². The maximum absolute atomic E-state index is 5.58. The lowest BCUT2D eigenvalue weighted by Gasteiger charge is -2.30. The second-order valence-corrected chi connectivity index (χ2v) is 8.54. The maximum Gasteiger partial charge on any atom is 0.182 e. The monoisotopic (exact) mass is 433 g/mol. The molecule has 168 valence electrons. The summed E-state index contributed by atoms with van der Waals surface area (Å²) in [5, 5.41) is 2.00. The lowest BCUT2D eigenvalue weighted by atomic mass is 10.1. The van der Waals surface area contributed by atoms with Gasteiger partial charge in [0.1, 0.15) is 11.3 Å². The number of nitrogens with zero attached hydrogens (tertiary/aromatic N) is 5. The van der Waals surface area contributed by atoms with Crippen molar-refractivity contribution in [3.63, 3.8) is 0 Å². The molecule has 0 radical (unpaired) electrons. The quantitative estimate of drug-likeness (QED) is 0.619. The molecule has 0 aliphatic carbocycles. The Kier molecular flexibility index (Phi) is 5.82. The predicted octanol–water partition coefficient (Wildman–Crippen LogP) is 3.13. The third kappa shape index (κ3) is 4.21. The summed E-state index contributed by atoms with van der Waals surface area (Å²) in [5.41, 5.74) is 8.93. The number of ether oxygens (including phenoxy) is 1. The molecule has 1 unspecified atom stereocenters. The normalized spacial score (nSPS) is 18.9. The minimum absolute atomic E-state index is 0.118. The van der Waals surface area contributed by atoms with Crippen LogP contribution in [0, 0.1) is 6.92 Å². The van der Waals surface area contributed by atoms with Crippen molar-refractivity contribution in [3.05, 3.63) is 59.6 Å². The van der Waals surface area contributed by atoms with E-state index in [1.54, 1.807) is 0 Å². The average molecular weight is 434 g/mol. The Balaban J connectivity index is 1.48. The van der Waals surface area contributed by atoms with Gasteiger partial charge in [0.15, 0.2) is 11.5 Å². The highest BCUT2D eigenvalue weighted by molar-refractivity contribution is 5.89. The van der Waals surface area contributed by atoms with Gasteiger partial charge in [0.05, 0.1) is 31.5 Å². The number of benzene rings is 1. The summed E-state index contributed by atoms with van der Waals surface area (Å²) in [6.07, 6.45) is 4.23. The van der Waals surface area contributed by atoms with Gasteiger partial charge in [-0.15, -0.1) is 0 Å². The summed E-state index contributed by atoms with van der Waals surface area (Å²) in [6, 6.07) is 10.9. The highest BCUT2D eigenvalue weighted by atomic mass is 16.5. The summed E-state index contributed by atoms with van der Waals surface area (Å²) in [4.78, 5) is 17.9. The van der Waals surface area contributed by atoms with E-state index in [9.17, 15) is 0 Å². The molecule has 2 aliphatic rings. The first-order valence-electron chi connectivity index (χ1n) is 11.3. The number of imidazole rings is 1. The van der Waals surface area contributed by atoms with E-state index in [4.69, 9.17) is 14.7 Å². The first kappa shape index (κ1) is 20.9. The Morgan fingerprint density at radius 3 is 2.81 bits per heavy atom. The fourth-order valence-corrected chi connectivity index (χ4v) is 4.23. The molecule has 8 heteroatoms. The average Bonchev–Trinajstić information content (AvgIpc) is 3.46. The van der Waals surface area contributed by atoms with E-state index >= 15 is 0 Å². The van der Waals surface area contributed by atoms with Crippen molar-refractivity contribution in [2.24, 2.45) is 0 Å². The van der Waals surface area contributed by atoms with Crippen molar-refractivity contribution in [2.45, 2.75) is 26.4 Å². The molecule has 0 amide bonds. The molecule has 1 atom stereocenters. The molecule has 32 heavy (non-hydrogen) atoms. The van der Waals surface area contributed by atoms with Gasteiger partial charge >= 0.3 is 0 Å². The third-order valence-corrected chi connectivity index (χ3v) is 6.14. The van der Waals surface area contributed by atoms with Crippen LogP contribution in [0.15, 0.2) is 42.6 Å². The lowest BCUT2D eigenvalue weighted by molar-refractivity contribution is 0.123. The van der Waals surface area contributed by atoms with Crippen LogP contribution in [0.3, 0.4) is 0 Å². The molecule has 5 rings (SSSR count). The van der Waals surface area contributed by atoms with Gasteiger partial charge in [0.25, 0.3) is 0 Å². The first-order valence-corrected chi connectivity index (χ1v) is 11.3. The number of fused-ring (bicyclic) bond motifs is 1. The Bertz CT molecular complexity index is 1120. The van der Waals surface area contributed by atoms with Crippen LogP contribution in [-0.2, 0) is 11.3 Å². The second-order valence-electron chi connectivity index (χ2n) is 8.54. The number of H-pyrrole nitrogens is 1. The van der Waals surface area contributed by atoms with Crippen molar-refractivity contribution in [1.82, 2.24) is 25.3 Å². The fraction of sp³-hybridized carbons (Fsp3) is 0.417. The van der Waals surface area contributed by atoms with Crippen LogP contribution in [0.2, 0.25) is 0 Å². The van der Waals surface area contributed by atoms with Crippen LogP contribution in [-0.4, -0.2) is 59.7 Å². The van der Waals surface area contributed by atoms with Crippen molar-refractivity contribution < 1.29 is 4.74 Å². The lowest BCUT2D eigenvalue weighted by Crippen LogP contribution is -2.37. The third-order valence-electron chi connectivity index (χ3n) is 6.14. The van der Waals surface area contributed by atoms with Gasteiger partial charge in [-0.25, -0.2) is 15.4 Å². The molecule has 0 bridgehead atoms. The standard InChI is InChI=1S/C24H31N7O/c1-4-29(3)16-21-25-23-20(30-10-12-32-13-11-30)15-22(27-24(23)26-21)31-9-8-19(28-31)18-7-5-6-17(2)14-18/h5-9,14-15,19,28H,4,10-13,16H2,1-3H3,(H,25,26,27). The predicted molar refractivity (Wildman–Crippen MR) is 128 cm³/mol. The number of aromatic nitrogens is 3. The van der Waals surface area contributed by atoms with Crippen molar-refractivity contribution in [3.8, 4) is 0 Å². The zero-order valence-electron chi connectivity index (χ0n) is 19.0. The zero-order chi connectivity index (χ0) is 22.1. The minimum Gasteiger partial charge on any atom is -0.378 e. The molecule has 1 saturated heterocycles. The number of hydrogen-bond donors (Lipinski definition) is 2. The Labute approximate surface area is 188 Å². The summed E-state index contributed by atoms with van der Waals surface area (Å²) >= 11 is 0. The van der Waals surface area contributed by atoms with E-state index in [0.29, 0.717) is 0 Å². The molecule has 0 spiro atoms. The highest BCUT2D eigenvalue weighted by Gasteiger charge is 2.23. The van der Waals surface area contributed by atoms with E-state index in [1.807, 2.05) is 5.01 Å². The van der Waals surface area contributed by atoms with E-state index in [2.05, 4.69) is 83.7 Å². The van der Waals surface area contributed by atoms with E-state index < -0.39 is 0 Å². The zero-order valence-corrected chi connectivity index (χ0v) is 19.0. The number of pyridine rings is 1. The molecule has 3 aromatic rings. The molecule has 2 aromatic heterocycles. The first-order chi connectivity index (χ1) is 15.6. The number of morpholine rings is 1. The number of anilines is 2. The molecule has 0 saturated carbocycles. The highest BCUT2D eigenvalue weighted by Crippen LogP contribution is 2.31. The minimum atomic E-state index is 0.118. The fourth-order valence-electron chi connectivity index (χ4n) is 4.23. The molecule has 2 N–H and O–H groups in total. The topological polar surface area (TPSA) is 72.6 Å². The molecule has 4 heterocycles. The van der Waals surface area contributed by atoms with Crippen molar-refractivity contribution in [1.29, 1.82) is 0 Å². The molecule has 1 fully saturated rings. The summed E-state index contributed by atoms with van der Waals surface area (Å²) in [7, 11) is 2.10. The van der Waals surface area contributed by atoms with Crippen molar-refractivity contribution in [2.75, 3.05) is 49.8 Å². The Morgan fingerprint density at radius 2 is 2.03 bits per heavy atom. The summed E-state index contributed by atoms with van der Waals surface area (Å²) in [5.74, 6) is 1.78. The van der Waals surface area contributed by atoms with Crippen LogP contribution in [0.25, 0.3) is 11.2 Å².